The highest BCUT2D eigenvalue weighted by Crippen LogP contribution is 2.21. The first-order valence-electron chi connectivity index (χ1n) is 6.61. The second kappa shape index (κ2) is 6.40. The van der Waals surface area contributed by atoms with Crippen molar-refractivity contribution in [1.29, 1.82) is 0 Å². The normalized spacial score (nSPS) is 21.7. The number of nitrogens with zero attached hydrogens (tertiary/aromatic N) is 2. The van der Waals surface area contributed by atoms with E-state index in [-0.39, 0.29) is 29.9 Å². The van der Waals surface area contributed by atoms with Crippen molar-refractivity contribution in [3.8, 4) is 5.88 Å². The van der Waals surface area contributed by atoms with Gasteiger partial charge in [-0.2, -0.15) is 0 Å². The summed E-state index contributed by atoms with van der Waals surface area (Å²) in [6.07, 6.45) is 1.68. The first-order chi connectivity index (χ1) is 9.91. The van der Waals surface area contributed by atoms with Crippen molar-refractivity contribution in [2.75, 3.05) is 37.5 Å². The van der Waals surface area contributed by atoms with Gasteiger partial charge in [-0.05, 0) is 19.2 Å². The summed E-state index contributed by atoms with van der Waals surface area (Å²) in [5.74, 6) is 0.241. The Labute approximate surface area is 124 Å². The van der Waals surface area contributed by atoms with Crippen LogP contribution in [0.25, 0.3) is 0 Å². The van der Waals surface area contributed by atoms with Crippen LogP contribution < -0.4 is 10.1 Å². The van der Waals surface area contributed by atoms with Gasteiger partial charge in [-0.15, -0.1) is 0 Å². The summed E-state index contributed by atoms with van der Waals surface area (Å²) >= 11 is 0. The third-order valence-electron chi connectivity index (χ3n) is 3.48. The minimum Gasteiger partial charge on any atom is -0.480 e. The van der Waals surface area contributed by atoms with Crippen LogP contribution in [0.5, 0.6) is 5.88 Å². The van der Waals surface area contributed by atoms with Crippen LogP contribution in [0.2, 0.25) is 0 Å². The number of carbonyl (C=O) groups is 1. The molecule has 0 spiro atoms. The number of amides is 1. The molecule has 1 aromatic rings. The Balaban J connectivity index is 2.01. The van der Waals surface area contributed by atoms with Crippen molar-refractivity contribution in [1.82, 2.24) is 9.88 Å². The van der Waals surface area contributed by atoms with Gasteiger partial charge in [0.05, 0.1) is 18.6 Å². The number of ether oxygens (including phenoxy) is 1. The maximum absolute atomic E-state index is 12.1. The van der Waals surface area contributed by atoms with Crippen molar-refractivity contribution in [3.63, 3.8) is 0 Å². The Hall–Kier alpha value is -1.67. The number of anilines is 1. The van der Waals surface area contributed by atoms with Gasteiger partial charge in [-0.3, -0.25) is 4.79 Å². The Morgan fingerprint density at radius 2 is 2.33 bits per heavy atom. The highest BCUT2D eigenvalue weighted by molar-refractivity contribution is 7.91. The Bertz CT molecular complexity index is 618. The van der Waals surface area contributed by atoms with Crippen molar-refractivity contribution < 1.29 is 17.9 Å². The zero-order valence-corrected chi connectivity index (χ0v) is 12.9. The van der Waals surface area contributed by atoms with Crippen LogP contribution in [0, 0.1) is 0 Å². The molecule has 2 rings (SSSR count). The van der Waals surface area contributed by atoms with Crippen LogP contribution in [-0.4, -0.2) is 62.5 Å². The minimum atomic E-state index is -3.05. The van der Waals surface area contributed by atoms with Gasteiger partial charge in [0.15, 0.2) is 9.84 Å². The van der Waals surface area contributed by atoms with E-state index in [0.717, 1.165) is 0 Å². The number of nitrogens with one attached hydrogen (secondary N) is 1. The molecule has 7 nitrogen and oxygen atoms in total. The van der Waals surface area contributed by atoms with Gasteiger partial charge in [-0.25, -0.2) is 13.4 Å². The number of aromatic nitrogens is 1. The monoisotopic (exact) mass is 313 g/mol. The van der Waals surface area contributed by atoms with Crippen LogP contribution in [-0.2, 0) is 14.6 Å². The lowest BCUT2D eigenvalue weighted by atomic mass is 10.2. The molecule has 0 radical (unpaired) electrons. The summed E-state index contributed by atoms with van der Waals surface area (Å²) in [7, 11) is 0.247. The Morgan fingerprint density at radius 3 is 3.05 bits per heavy atom. The predicted octanol–water partition coefficient (Wildman–Crippen LogP) is 0.148. The van der Waals surface area contributed by atoms with E-state index in [1.165, 1.54) is 7.11 Å². The fraction of sp³-hybridized carbons (Fsp3) is 0.538. The van der Waals surface area contributed by atoms with Gasteiger partial charge >= 0.3 is 0 Å². The fourth-order valence-electron chi connectivity index (χ4n) is 2.25. The molecule has 21 heavy (non-hydrogen) atoms. The van der Waals surface area contributed by atoms with E-state index in [4.69, 9.17) is 4.74 Å². The first kappa shape index (κ1) is 15.7. The molecule has 0 aromatic carbocycles. The minimum absolute atomic E-state index is 0.0150. The van der Waals surface area contributed by atoms with Crippen LogP contribution >= 0.6 is 0 Å². The number of sulfone groups is 1. The fourth-order valence-corrected chi connectivity index (χ4v) is 3.94. The molecule has 1 fully saturated rings. The molecule has 1 N–H and O–H groups in total. The van der Waals surface area contributed by atoms with Crippen molar-refractivity contribution >= 4 is 21.4 Å². The molecule has 0 bridgehead atoms. The van der Waals surface area contributed by atoms with E-state index in [9.17, 15) is 13.2 Å². The molecule has 2 heterocycles. The molecule has 1 aliphatic heterocycles. The van der Waals surface area contributed by atoms with Crippen LogP contribution in [0.15, 0.2) is 18.3 Å². The van der Waals surface area contributed by atoms with Gasteiger partial charge in [0, 0.05) is 25.2 Å². The number of carbonyl (C=O) groups excluding carboxylic acids is 1. The Morgan fingerprint density at radius 1 is 1.57 bits per heavy atom. The number of methoxy groups -OCH3 is 1. The number of rotatable bonds is 4. The average molecular weight is 313 g/mol. The van der Waals surface area contributed by atoms with E-state index in [0.29, 0.717) is 18.1 Å². The van der Waals surface area contributed by atoms with E-state index >= 15 is 0 Å². The molecule has 1 unspecified atom stereocenters. The van der Waals surface area contributed by atoms with E-state index in [1.807, 2.05) is 11.9 Å². The summed E-state index contributed by atoms with van der Waals surface area (Å²) in [5.41, 5.74) is 0.478. The molecule has 0 aliphatic carbocycles. The summed E-state index contributed by atoms with van der Waals surface area (Å²) in [6, 6.07) is 3.08. The second-order valence-corrected chi connectivity index (χ2v) is 7.29. The average Bonchev–Trinajstić information content (AvgIpc) is 2.43. The Kier molecular flexibility index (Phi) is 4.79. The van der Waals surface area contributed by atoms with E-state index in [1.54, 1.807) is 18.3 Å². The third kappa shape index (κ3) is 4.15. The quantitative estimate of drug-likeness (QED) is 0.851. The van der Waals surface area contributed by atoms with Crippen molar-refractivity contribution in [2.45, 2.75) is 12.5 Å². The van der Waals surface area contributed by atoms with Gasteiger partial charge < -0.3 is 15.0 Å². The van der Waals surface area contributed by atoms with Gasteiger partial charge in [0.1, 0.15) is 5.69 Å². The maximum atomic E-state index is 12.1. The molecule has 116 valence electrons. The molecular formula is C13H19N3O4S. The lowest BCUT2D eigenvalue weighted by molar-refractivity contribution is -0.117. The molecule has 8 heteroatoms. The number of hydrogen-bond acceptors (Lipinski definition) is 6. The molecular weight excluding hydrogens is 294 g/mol. The number of hydrogen-bond donors (Lipinski definition) is 1. The maximum Gasteiger partial charge on any atom is 0.237 e. The summed E-state index contributed by atoms with van der Waals surface area (Å²) < 4.78 is 28.4. The van der Waals surface area contributed by atoms with Crippen molar-refractivity contribution in [2.24, 2.45) is 0 Å². The SMILES string of the molecule is COc1ncccc1NC(=O)CC1CS(=O)(=O)CCN1C. The van der Waals surface area contributed by atoms with Gasteiger partial charge in [0.2, 0.25) is 11.8 Å². The standard InChI is InChI=1S/C13H19N3O4S/c1-16-6-7-21(18,19)9-10(16)8-12(17)15-11-4-3-5-14-13(11)20-2/h3-5,10H,6-9H2,1-2H3,(H,15,17). The largest absolute Gasteiger partial charge is 0.480 e. The van der Waals surface area contributed by atoms with Crippen LogP contribution in [0.4, 0.5) is 5.69 Å². The summed E-state index contributed by atoms with van der Waals surface area (Å²) in [6.45, 7) is 0.455. The van der Waals surface area contributed by atoms with E-state index < -0.39 is 9.84 Å². The molecule has 1 amide bonds. The predicted molar refractivity (Wildman–Crippen MR) is 79.1 cm³/mol. The second-order valence-electron chi connectivity index (χ2n) is 5.06. The van der Waals surface area contributed by atoms with Crippen molar-refractivity contribution in [3.05, 3.63) is 18.3 Å². The van der Waals surface area contributed by atoms with E-state index in [2.05, 4.69) is 10.3 Å². The third-order valence-corrected chi connectivity index (χ3v) is 5.18. The number of pyridine rings is 1. The summed E-state index contributed by atoms with van der Waals surface area (Å²) in [4.78, 5) is 18.0. The molecule has 0 saturated carbocycles. The first-order valence-corrected chi connectivity index (χ1v) is 8.43. The highest BCUT2D eigenvalue weighted by atomic mass is 32.2. The zero-order valence-electron chi connectivity index (χ0n) is 12.1. The lowest BCUT2D eigenvalue weighted by Gasteiger charge is -2.31. The topological polar surface area (TPSA) is 88.6 Å². The van der Waals surface area contributed by atoms with Crippen LogP contribution in [0.1, 0.15) is 6.42 Å². The van der Waals surface area contributed by atoms with Crippen LogP contribution in [0.3, 0.4) is 0 Å². The van der Waals surface area contributed by atoms with Gasteiger partial charge in [-0.1, -0.05) is 0 Å². The molecule has 1 atom stereocenters. The lowest BCUT2D eigenvalue weighted by Crippen LogP contribution is -2.47. The smallest absolute Gasteiger partial charge is 0.237 e. The highest BCUT2D eigenvalue weighted by Gasteiger charge is 2.30. The molecule has 1 saturated heterocycles. The van der Waals surface area contributed by atoms with Gasteiger partial charge in [0.25, 0.3) is 0 Å². The summed E-state index contributed by atoms with van der Waals surface area (Å²) in [5, 5.41) is 2.71. The zero-order chi connectivity index (χ0) is 15.5. The molecule has 1 aliphatic rings. The molecule has 1 aromatic heterocycles.